The first-order valence-corrected chi connectivity index (χ1v) is 7.76. The summed E-state index contributed by atoms with van der Waals surface area (Å²) < 4.78 is 21.5. The molecule has 0 bridgehead atoms. The highest BCUT2D eigenvalue weighted by atomic mass is 79.9. The van der Waals surface area contributed by atoms with Gasteiger partial charge in [0, 0.05) is 12.0 Å². The van der Waals surface area contributed by atoms with Crippen molar-refractivity contribution in [1.82, 2.24) is 0 Å². The normalized spacial score (nSPS) is 27.2. The van der Waals surface area contributed by atoms with E-state index in [1.807, 2.05) is 0 Å². The van der Waals surface area contributed by atoms with Crippen LogP contribution in [0.25, 0.3) is 0 Å². The summed E-state index contributed by atoms with van der Waals surface area (Å²) in [6.07, 6.45) is 0.204. The molecule has 0 radical (unpaired) electrons. The van der Waals surface area contributed by atoms with Gasteiger partial charge in [0.25, 0.3) is 0 Å². The van der Waals surface area contributed by atoms with Crippen LogP contribution in [-0.4, -0.2) is 23.7 Å². The Kier molecular flexibility index (Phi) is 3.93. The molecule has 0 aromatic heterocycles. The Morgan fingerprint density at radius 3 is 2.67 bits per heavy atom. The van der Waals surface area contributed by atoms with E-state index in [4.69, 9.17) is 16.7 Å². The number of thioether (sulfide) groups is 1. The SMILES string of the molecule is CC1(Cl)CC(C(=O)CBr)=C(S(N)(=O)=O)S1. The minimum atomic E-state index is -3.86. The van der Waals surface area contributed by atoms with Crippen LogP contribution in [0.2, 0.25) is 0 Å². The van der Waals surface area contributed by atoms with E-state index in [2.05, 4.69) is 15.9 Å². The van der Waals surface area contributed by atoms with Gasteiger partial charge in [-0.3, -0.25) is 4.79 Å². The molecule has 8 heteroatoms. The lowest BCUT2D eigenvalue weighted by atomic mass is 10.1. The van der Waals surface area contributed by atoms with Crippen molar-refractivity contribution in [2.24, 2.45) is 5.14 Å². The fraction of sp³-hybridized carbons (Fsp3) is 0.571. The molecular formula is C7H9BrClNO3S2. The average molecular weight is 335 g/mol. The zero-order valence-electron chi connectivity index (χ0n) is 7.79. The number of carbonyl (C=O) groups excluding carboxylic acids is 1. The number of hydrogen-bond donors (Lipinski definition) is 1. The van der Waals surface area contributed by atoms with Crippen molar-refractivity contribution >= 4 is 55.1 Å². The van der Waals surface area contributed by atoms with E-state index in [1.54, 1.807) is 6.92 Å². The van der Waals surface area contributed by atoms with Crippen molar-refractivity contribution in [2.45, 2.75) is 17.6 Å². The Hall–Kier alpha value is 0.440. The summed E-state index contributed by atoms with van der Waals surface area (Å²) in [5, 5.41) is 5.08. The lowest BCUT2D eigenvalue weighted by molar-refractivity contribution is -0.113. The third-order valence-electron chi connectivity index (χ3n) is 1.76. The fourth-order valence-electron chi connectivity index (χ4n) is 1.20. The summed E-state index contributed by atoms with van der Waals surface area (Å²) in [7, 11) is -3.86. The molecule has 0 amide bonds. The molecule has 0 saturated carbocycles. The van der Waals surface area contributed by atoms with Crippen molar-refractivity contribution < 1.29 is 13.2 Å². The maximum Gasteiger partial charge on any atom is 0.244 e. The predicted octanol–water partition coefficient (Wildman–Crippen LogP) is 1.54. The molecule has 1 aliphatic heterocycles. The van der Waals surface area contributed by atoms with Gasteiger partial charge in [0.1, 0.15) is 4.24 Å². The van der Waals surface area contributed by atoms with Crippen LogP contribution in [0.4, 0.5) is 0 Å². The molecule has 1 unspecified atom stereocenters. The zero-order chi connectivity index (χ0) is 11.9. The van der Waals surface area contributed by atoms with Crippen LogP contribution in [0.15, 0.2) is 9.81 Å². The predicted molar refractivity (Wildman–Crippen MR) is 65.4 cm³/mol. The van der Waals surface area contributed by atoms with Gasteiger partial charge in [-0.25, -0.2) is 13.6 Å². The third-order valence-corrected chi connectivity index (χ3v) is 5.35. The second kappa shape index (κ2) is 4.37. The van der Waals surface area contributed by atoms with E-state index >= 15 is 0 Å². The van der Waals surface area contributed by atoms with E-state index < -0.39 is 14.2 Å². The quantitative estimate of drug-likeness (QED) is 0.794. The lowest BCUT2D eigenvalue weighted by Gasteiger charge is -2.12. The molecule has 0 aromatic carbocycles. The summed E-state index contributed by atoms with van der Waals surface area (Å²) in [5.41, 5.74) is 0.192. The number of allylic oxidation sites excluding steroid dienone is 1. The van der Waals surface area contributed by atoms with Gasteiger partial charge >= 0.3 is 0 Å². The molecule has 0 spiro atoms. The molecule has 4 nitrogen and oxygen atoms in total. The number of alkyl halides is 2. The van der Waals surface area contributed by atoms with Crippen molar-refractivity contribution in [3.63, 3.8) is 0 Å². The van der Waals surface area contributed by atoms with Crippen LogP contribution in [0, 0.1) is 0 Å². The highest BCUT2D eigenvalue weighted by molar-refractivity contribution is 9.09. The second-order valence-corrected chi connectivity index (χ2v) is 8.14. The van der Waals surface area contributed by atoms with Crippen molar-refractivity contribution in [1.29, 1.82) is 0 Å². The lowest BCUT2D eigenvalue weighted by Crippen LogP contribution is -2.15. The molecule has 86 valence electrons. The number of rotatable bonds is 3. The van der Waals surface area contributed by atoms with Gasteiger partial charge in [0.15, 0.2) is 5.78 Å². The van der Waals surface area contributed by atoms with E-state index in [0.717, 1.165) is 11.8 Å². The molecular weight excluding hydrogens is 326 g/mol. The standard InChI is InChI=1S/C7H9BrClNO3S2/c1-7(9)2-4(5(11)3-8)6(14-7)15(10,12)13/h2-3H2,1H3,(H2,10,12,13). The Balaban J connectivity index is 3.21. The van der Waals surface area contributed by atoms with Crippen molar-refractivity contribution in [3.8, 4) is 0 Å². The van der Waals surface area contributed by atoms with Crippen molar-refractivity contribution in [2.75, 3.05) is 5.33 Å². The highest BCUT2D eigenvalue weighted by Gasteiger charge is 2.40. The Bertz CT molecular complexity index is 430. The summed E-state index contributed by atoms with van der Waals surface area (Å²) in [5.74, 6) is -0.295. The fourth-order valence-corrected chi connectivity index (χ4v) is 4.50. The number of sulfonamides is 1. The van der Waals surface area contributed by atoms with Crippen LogP contribution < -0.4 is 5.14 Å². The van der Waals surface area contributed by atoms with E-state index in [1.165, 1.54) is 0 Å². The minimum Gasteiger partial charge on any atom is -0.294 e. The molecule has 1 rings (SSSR count). The maximum atomic E-state index is 11.5. The Morgan fingerprint density at radius 2 is 2.27 bits per heavy atom. The Labute approximate surface area is 106 Å². The molecule has 0 aromatic rings. The summed E-state index contributed by atoms with van der Waals surface area (Å²) >= 11 is 9.90. The van der Waals surface area contributed by atoms with E-state index in [9.17, 15) is 13.2 Å². The first-order chi connectivity index (χ1) is 6.67. The topological polar surface area (TPSA) is 77.2 Å². The molecule has 0 aliphatic carbocycles. The number of ketones is 1. The van der Waals surface area contributed by atoms with E-state index in [-0.39, 0.29) is 27.3 Å². The van der Waals surface area contributed by atoms with Crippen LogP contribution in [0.1, 0.15) is 13.3 Å². The van der Waals surface area contributed by atoms with Crippen LogP contribution >= 0.6 is 39.3 Å². The molecule has 2 N–H and O–H groups in total. The van der Waals surface area contributed by atoms with Gasteiger partial charge in [-0.1, -0.05) is 27.7 Å². The van der Waals surface area contributed by atoms with Gasteiger partial charge in [0.2, 0.25) is 10.0 Å². The number of nitrogens with two attached hydrogens (primary N) is 1. The highest BCUT2D eigenvalue weighted by Crippen LogP contribution is 2.50. The summed E-state index contributed by atoms with van der Waals surface area (Å²) in [6, 6.07) is 0. The van der Waals surface area contributed by atoms with Crippen LogP contribution in [0.5, 0.6) is 0 Å². The van der Waals surface area contributed by atoms with Crippen molar-refractivity contribution in [3.05, 3.63) is 9.81 Å². The average Bonchev–Trinajstić information content (AvgIpc) is 2.39. The summed E-state index contributed by atoms with van der Waals surface area (Å²) in [6.45, 7) is 1.65. The minimum absolute atomic E-state index is 0.0644. The third kappa shape index (κ3) is 3.20. The maximum absolute atomic E-state index is 11.5. The Morgan fingerprint density at radius 1 is 1.73 bits per heavy atom. The number of Topliss-reactive ketones (excluding diaryl/α,β-unsaturated/α-hetero) is 1. The first-order valence-electron chi connectivity index (χ1n) is 3.90. The van der Waals surface area contributed by atoms with Gasteiger partial charge in [-0.2, -0.15) is 0 Å². The number of carbonyl (C=O) groups is 1. The van der Waals surface area contributed by atoms with Gasteiger partial charge in [-0.15, -0.1) is 11.6 Å². The molecule has 15 heavy (non-hydrogen) atoms. The monoisotopic (exact) mass is 333 g/mol. The van der Waals surface area contributed by atoms with Crippen LogP contribution in [0.3, 0.4) is 0 Å². The number of halogens is 2. The molecule has 1 atom stereocenters. The number of primary sulfonamides is 1. The molecule has 0 saturated heterocycles. The van der Waals surface area contributed by atoms with E-state index in [0.29, 0.717) is 0 Å². The molecule has 1 heterocycles. The summed E-state index contributed by atoms with van der Waals surface area (Å²) in [4.78, 5) is 11.5. The van der Waals surface area contributed by atoms with Gasteiger partial charge < -0.3 is 0 Å². The smallest absolute Gasteiger partial charge is 0.244 e. The molecule has 1 aliphatic rings. The zero-order valence-corrected chi connectivity index (χ0v) is 11.8. The molecule has 0 fully saturated rings. The van der Waals surface area contributed by atoms with Gasteiger partial charge in [-0.05, 0) is 6.92 Å². The van der Waals surface area contributed by atoms with Crippen LogP contribution in [-0.2, 0) is 14.8 Å². The number of hydrogen-bond acceptors (Lipinski definition) is 4. The first kappa shape index (κ1) is 13.5. The second-order valence-electron chi connectivity index (χ2n) is 3.25. The van der Waals surface area contributed by atoms with Gasteiger partial charge in [0.05, 0.1) is 9.54 Å². The largest absolute Gasteiger partial charge is 0.294 e.